The molecule has 8 aromatic carbocycles. The van der Waals surface area contributed by atoms with Gasteiger partial charge in [0.05, 0.1) is 22.7 Å². The minimum atomic E-state index is -0.381. The molecule has 418 valence electrons. The highest BCUT2D eigenvalue weighted by Crippen LogP contribution is 2.37. The van der Waals surface area contributed by atoms with Gasteiger partial charge >= 0.3 is 0 Å². The largest absolute Gasteiger partial charge is 0.457 e. The molecular weight excluding hydrogens is 1080 g/mol. The lowest BCUT2D eigenvalue weighted by atomic mass is 9.78. The van der Waals surface area contributed by atoms with Crippen LogP contribution in [0.3, 0.4) is 0 Å². The van der Waals surface area contributed by atoms with Gasteiger partial charge in [-0.3, -0.25) is 38.4 Å². The number of benzene rings is 8. The molecule has 0 aliphatic carbocycles. The second-order valence-electron chi connectivity index (χ2n) is 20.2. The van der Waals surface area contributed by atoms with Gasteiger partial charge in [0.2, 0.25) is 0 Å². The van der Waals surface area contributed by atoms with Crippen molar-refractivity contribution < 1.29 is 57.3 Å². The first kappa shape index (κ1) is 55.4. The molecule has 85 heavy (non-hydrogen) atoms. The van der Waals surface area contributed by atoms with Crippen LogP contribution in [0, 0.1) is 0 Å². The van der Waals surface area contributed by atoms with Crippen LogP contribution >= 0.6 is 0 Å². The Morgan fingerprint density at radius 1 is 0.271 bits per heavy atom. The zero-order valence-corrected chi connectivity index (χ0v) is 45.7. The highest BCUT2D eigenvalue weighted by molar-refractivity contribution is 6.30. The summed E-state index contributed by atoms with van der Waals surface area (Å²) in [7, 11) is 0. The van der Waals surface area contributed by atoms with Gasteiger partial charge in [0, 0.05) is 66.2 Å². The van der Waals surface area contributed by atoms with Crippen molar-refractivity contribution >= 4 is 70.0 Å². The summed E-state index contributed by atoms with van der Waals surface area (Å²) >= 11 is 0. The van der Waals surface area contributed by atoms with E-state index >= 15 is 0 Å². The third-order valence-corrected chi connectivity index (χ3v) is 14.2. The topological polar surface area (TPSA) is 186 Å². The maximum Gasteiger partial charge on any atom is 0.258 e. The number of amides is 8. The SMILES string of the molecule is CC(C)(c1ccc(Oc2cccc(N3C(=O)C=CC3=O)c2)cc1)c1ccc(Oc2cccc(N3C(=O)C=CC3=O)c2)cc1.O=C1C=CC(=O)N1c1ccc(Oc2ccc(CCc3ccc(Oc4ccc(N5C(=O)C=CC5=O)cc4)cc3)cc2)cc1. The number of carbonyl (C=O) groups is 8. The predicted octanol–water partition coefficient (Wildman–Crippen LogP) is 12.4. The average Bonchev–Trinajstić information content (AvgIpc) is 4.34. The highest BCUT2D eigenvalue weighted by Gasteiger charge is 2.29. The molecule has 0 radical (unpaired) electrons. The molecule has 0 saturated heterocycles. The molecule has 16 heteroatoms. The molecular formula is C69H50N4O12. The van der Waals surface area contributed by atoms with E-state index < -0.39 is 0 Å². The third kappa shape index (κ3) is 12.5. The normalized spacial score (nSPS) is 14.5. The summed E-state index contributed by atoms with van der Waals surface area (Å²) in [5.74, 6) is 1.88. The van der Waals surface area contributed by atoms with Gasteiger partial charge < -0.3 is 18.9 Å². The number of rotatable bonds is 17. The van der Waals surface area contributed by atoms with Crippen LogP contribution in [0.4, 0.5) is 22.7 Å². The fourth-order valence-corrected chi connectivity index (χ4v) is 9.64. The molecule has 0 atom stereocenters. The lowest BCUT2D eigenvalue weighted by molar-refractivity contribution is -0.121. The summed E-state index contributed by atoms with van der Waals surface area (Å²) in [5, 5.41) is 0. The van der Waals surface area contributed by atoms with Gasteiger partial charge in [-0.1, -0.05) is 74.5 Å². The molecule has 8 amide bonds. The summed E-state index contributed by atoms with van der Waals surface area (Å²) in [6, 6.07) is 58.6. The van der Waals surface area contributed by atoms with Crippen LogP contribution in [-0.2, 0) is 56.6 Å². The quantitative estimate of drug-likeness (QED) is 0.0787. The number of nitrogens with zero attached hydrogens (tertiary/aromatic N) is 4. The first-order valence-corrected chi connectivity index (χ1v) is 26.9. The van der Waals surface area contributed by atoms with E-state index in [4.69, 9.17) is 18.9 Å². The monoisotopic (exact) mass is 1130 g/mol. The van der Waals surface area contributed by atoms with Crippen LogP contribution in [-0.4, -0.2) is 47.3 Å². The van der Waals surface area contributed by atoms with Gasteiger partial charge in [-0.15, -0.1) is 0 Å². The second kappa shape index (κ2) is 23.9. The number of hydrogen-bond donors (Lipinski definition) is 0. The Bertz CT molecular complexity index is 3740. The molecule has 0 saturated carbocycles. The van der Waals surface area contributed by atoms with Gasteiger partial charge in [-0.05, 0) is 156 Å². The van der Waals surface area contributed by atoms with E-state index in [2.05, 4.69) is 13.8 Å². The number of hydrogen-bond acceptors (Lipinski definition) is 12. The first-order chi connectivity index (χ1) is 41.1. The van der Waals surface area contributed by atoms with Gasteiger partial charge in [0.25, 0.3) is 47.3 Å². The van der Waals surface area contributed by atoms with Crippen molar-refractivity contribution in [2.24, 2.45) is 0 Å². The Labute approximate surface area is 488 Å². The number of ether oxygens (including phenoxy) is 4. The smallest absolute Gasteiger partial charge is 0.258 e. The third-order valence-electron chi connectivity index (χ3n) is 14.2. The minimum Gasteiger partial charge on any atom is -0.457 e. The van der Waals surface area contributed by atoms with Crippen LogP contribution < -0.4 is 38.5 Å². The molecule has 4 aliphatic rings. The van der Waals surface area contributed by atoms with Crippen molar-refractivity contribution in [1.82, 2.24) is 0 Å². The van der Waals surface area contributed by atoms with Crippen LogP contribution in [0.1, 0.15) is 36.1 Å². The molecule has 4 heterocycles. The van der Waals surface area contributed by atoms with E-state index in [1.165, 1.54) is 59.7 Å². The van der Waals surface area contributed by atoms with E-state index in [0.717, 1.165) is 43.6 Å². The Hall–Kier alpha value is -11.5. The molecule has 0 bridgehead atoms. The van der Waals surface area contributed by atoms with Crippen LogP contribution in [0.5, 0.6) is 46.0 Å². The van der Waals surface area contributed by atoms with E-state index in [9.17, 15) is 38.4 Å². The fraction of sp³-hybridized carbons (Fsp3) is 0.0725. The Morgan fingerprint density at radius 3 is 0.788 bits per heavy atom. The molecule has 0 spiro atoms. The van der Waals surface area contributed by atoms with Crippen molar-refractivity contribution in [2.45, 2.75) is 32.1 Å². The van der Waals surface area contributed by atoms with Crippen LogP contribution in [0.25, 0.3) is 0 Å². The molecule has 0 aromatic heterocycles. The maximum atomic E-state index is 12.0. The molecule has 8 aromatic rings. The molecule has 0 unspecified atom stereocenters. The second-order valence-corrected chi connectivity index (χ2v) is 20.2. The number of imide groups is 4. The molecule has 16 nitrogen and oxygen atoms in total. The van der Waals surface area contributed by atoms with E-state index in [1.807, 2.05) is 97.1 Å². The fourth-order valence-electron chi connectivity index (χ4n) is 9.64. The van der Waals surface area contributed by atoms with Crippen molar-refractivity contribution in [1.29, 1.82) is 0 Å². The van der Waals surface area contributed by atoms with Crippen molar-refractivity contribution in [2.75, 3.05) is 19.6 Å². The Kier molecular flexibility index (Phi) is 15.6. The van der Waals surface area contributed by atoms with Gasteiger partial charge in [-0.2, -0.15) is 0 Å². The van der Waals surface area contributed by atoms with E-state index in [-0.39, 0.29) is 52.7 Å². The summed E-state index contributed by atoms with van der Waals surface area (Å²) < 4.78 is 23.9. The van der Waals surface area contributed by atoms with E-state index in [1.54, 1.807) is 97.1 Å². The number of aryl methyl sites for hydroxylation is 2. The number of anilines is 4. The zero-order chi connectivity index (χ0) is 59.2. The summed E-state index contributed by atoms with van der Waals surface area (Å²) in [6.45, 7) is 4.25. The zero-order valence-electron chi connectivity index (χ0n) is 45.7. The summed E-state index contributed by atoms with van der Waals surface area (Å²) in [6.07, 6.45) is 11.7. The van der Waals surface area contributed by atoms with Crippen LogP contribution in [0.2, 0.25) is 0 Å². The lowest BCUT2D eigenvalue weighted by Crippen LogP contribution is -2.29. The standard InChI is InChI=1S/C35H26N2O6.C34H24N2O6/c1-35(2,23-9-13-27(14-10-23)42-29-7-3-5-25(21-29)36-31(38)17-18-32(36)39)24-11-15-28(16-12-24)43-30-8-4-6-26(22-30)37-33(40)19-20-34(37)41;37-31-19-20-32(38)35(31)25-7-15-29(16-8-25)41-27-11-3-23(4-12-27)1-2-24-5-13-28(14-6-24)42-30-17-9-26(10-18-30)36-33(39)21-22-34(36)40/h3-22H,1-2H3;3-22H,1-2H2. The lowest BCUT2D eigenvalue weighted by Gasteiger charge is -2.26. The summed E-state index contributed by atoms with van der Waals surface area (Å²) in [5.41, 5.74) is 6.05. The van der Waals surface area contributed by atoms with Crippen LogP contribution in [0.15, 0.2) is 243 Å². The first-order valence-electron chi connectivity index (χ1n) is 26.9. The van der Waals surface area contributed by atoms with Crippen molar-refractivity contribution in [3.05, 3.63) is 265 Å². The number of carbonyl (C=O) groups excluding carboxylic acids is 8. The van der Waals surface area contributed by atoms with Gasteiger partial charge in [0.1, 0.15) is 46.0 Å². The Balaban J connectivity index is 0.000000177. The minimum absolute atomic E-state index is 0.330. The molecule has 4 aliphatic heterocycles. The Morgan fingerprint density at radius 2 is 0.506 bits per heavy atom. The summed E-state index contributed by atoms with van der Waals surface area (Å²) in [4.78, 5) is 99.9. The predicted molar refractivity (Wildman–Crippen MR) is 318 cm³/mol. The maximum absolute atomic E-state index is 12.0. The molecule has 0 fully saturated rings. The molecule has 0 N–H and O–H groups in total. The van der Waals surface area contributed by atoms with Crippen molar-refractivity contribution in [3.8, 4) is 46.0 Å². The van der Waals surface area contributed by atoms with Gasteiger partial charge in [0.15, 0.2) is 0 Å². The molecule has 12 rings (SSSR count). The van der Waals surface area contributed by atoms with E-state index in [0.29, 0.717) is 68.7 Å². The highest BCUT2D eigenvalue weighted by atomic mass is 16.5. The van der Waals surface area contributed by atoms with Gasteiger partial charge in [-0.25, -0.2) is 19.6 Å². The average molecular weight is 1130 g/mol. The van der Waals surface area contributed by atoms with Crippen molar-refractivity contribution in [3.63, 3.8) is 0 Å².